The Kier molecular flexibility index (Phi) is 11.7. The van der Waals surface area contributed by atoms with Crippen LogP contribution in [-0.4, -0.2) is 112 Å². The van der Waals surface area contributed by atoms with Crippen LogP contribution in [0.25, 0.3) is 28.0 Å². The minimum atomic E-state index is -0.630. The molecule has 4 aromatic carbocycles. The van der Waals surface area contributed by atoms with Gasteiger partial charge in [0.15, 0.2) is 5.65 Å². The number of nitrogen functional groups attached to an aromatic ring is 1. The number of piperidine rings is 2. The van der Waals surface area contributed by atoms with Crippen LogP contribution in [0, 0.1) is 17.6 Å². The summed E-state index contributed by atoms with van der Waals surface area (Å²) in [5.41, 5.74) is 12.5. The second kappa shape index (κ2) is 18.1. The normalized spacial score (nSPS) is 18.1. The van der Waals surface area contributed by atoms with E-state index in [2.05, 4.69) is 41.4 Å². The van der Waals surface area contributed by atoms with Gasteiger partial charge >= 0.3 is 0 Å². The Morgan fingerprint density at radius 1 is 0.866 bits per heavy atom. The molecule has 16 nitrogen and oxygen atoms in total. The molecule has 0 spiro atoms. The summed E-state index contributed by atoms with van der Waals surface area (Å²) >= 11 is 0. The molecule has 0 aliphatic carbocycles. The molecule has 18 heteroatoms. The molecule has 0 saturated carbocycles. The second-order valence-corrected chi connectivity index (χ2v) is 17.5. The van der Waals surface area contributed by atoms with Crippen LogP contribution in [0.1, 0.15) is 57.5 Å². The van der Waals surface area contributed by atoms with E-state index in [1.165, 1.54) is 31.6 Å². The number of hydrogen-bond acceptors (Lipinski definition) is 12. The Balaban J connectivity index is 0.739. The van der Waals surface area contributed by atoms with Gasteiger partial charge in [-0.3, -0.25) is 29.4 Å². The number of ether oxygens (including phenoxy) is 1. The van der Waals surface area contributed by atoms with Crippen LogP contribution in [0.15, 0.2) is 85.2 Å². The molecular formula is C49H49F2N11O5. The van der Waals surface area contributed by atoms with E-state index in [4.69, 9.17) is 15.6 Å². The summed E-state index contributed by atoms with van der Waals surface area (Å²) in [4.78, 5) is 67.4. The number of hydrogen-bond donors (Lipinski definition) is 3. The lowest BCUT2D eigenvalue weighted by Crippen LogP contribution is -2.52. The summed E-state index contributed by atoms with van der Waals surface area (Å²) < 4.78 is 36.7. The van der Waals surface area contributed by atoms with E-state index < -0.39 is 23.7 Å². The first-order valence-electron chi connectivity index (χ1n) is 22.5. The maximum absolute atomic E-state index is 16.1. The van der Waals surface area contributed by atoms with Crippen LogP contribution < -0.4 is 30.9 Å². The fraction of sp³-hybridized carbons (Fsp3) is 0.327. The third kappa shape index (κ3) is 8.59. The van der Waals surface area contributed by atoms with Gasteiger partial charge in [-0.25, -0.2) is 23.4 Å². The molecule has 6 aromatic rings. The summed E-state index contributed by atoms with van der Waals surface area (Å²) in [5, 5.41) is 10.6. The minimum Gasteiger partial charge on any atom is -0.496 e. The first-order chi connectivity index (χ1) is 32.5. The van der Waals surface area contributed by atoms with E-state index in [0.29, 0.717) is 58.1 Å². The van der Waals surface area contributed by atoms with E-state index >= 15 is 4.39 Å². The van der Waals surface area contributed by atoms with E-state index in [0.717, 1.165) is 81.5 Å². The lowest BCUT2D eigenvalue weighted by molar-refractivity contribution is -0.136. The van der Waals surface area contributed by atoms with Gasteiger partial charge in [0, 0.05) is 88.2 Å². The van der Waals surface area contributed by atoms with E-state index in [1.54, 1.807) is 15.6 Å². The number of piperazine rings is 1. The van der Waals surface area contributed by atoms with Gasteiger partial charge in [-0.2, -0.15) is 5.10 Å². The number of carbonyl (C=O) groups excluding carboxylic acids is 4. The largest absolute Gasteiger partial charge is 0.496 e. The number of carbonyl (C=O) groups is 4. The summed E-state index contributed by atoms with van der Waals surface area (Å²) in [5.74, 6) is -1.25. The highest BCUT2D eigenvalue weighted by Crippen LogP contribution is 2.35. The fourth-order valence-corrected chi connectivity index (χ4v) is 9.82. The number of fused-ring (bicyclic) bond motifs is 2. The van der Waals surface area contributed by atoms with Gasteiger partial charge in [0.25, 0.3) is 11.8 Å². The van der Waals surface area contributed by atoms with Crippen LogP contribution in [0.3, 0.4) is 0 Å². The third-order valence-corrected chi connectivity index (χ3v) is 13.5. The monoisotopic (exact) mass is 909 g/mol. The molecule has 2 aromatic heterocycles. The van der Waals surface area contributed by atoms with Gasteiger partial charge < -0.3 is 30.5 Å². The molecule has 0 bridgehead atoms. The predicted molar refractivity (Wildman–Crippen MR) is 247 cm³/mol. The number of methoxy groups -OCH3 is 1. The summed E-state index contributed by atoms with van der Waals surface area (Å²) in [6, 6.07) is 21.5. The smallest absolute Gasteiger partial charge is 0.255 e. The average Bonchev–Trinajstić information content (AvgIpc) is 3.89. The van der Waals surface area contributed by atoms with Crippen LogP contribution in [0.4, 0.5) is 26.0 Å². The summed E-state index contributed by atoms with van der Waals surface area (Å²) in [6.45, 7) is 6.54. The van der Waals surface area contributed by atoms with Crippen molar-refractivity contribution in [1.82, 2.24) is 40.2 Å². The van der Waals surface area contributed by atoms with E-state index in [1.807, 2.05) is 42.5 Å². The number of nitrogens with one attached hydrogen (secondary N) is 2. The molecule has 1 atom stereocenters. The van der Waals surface area contributed by atoms with Crippen molar-refractivity contribution >= 4 is 51.9 Å². The lowest BCUT2D eigenvalue weighted by Gasteiger charge is -2.40. The van der Waals surface area contributed by atoms with E-state index in [-0.39, 0.29) is 47.7 Å². The van der Waals surface area contributed by atoms with E-state index in [9.17, 15) is 23.6 Å². The van der Waals surface area contributed by atoms with Crippen molar-refractivity contribution < 1.29 is 32.7 Å². The predicted octanol–water partition coefficient (Wildman–Crippen LogP) is 5.08. The van der Waals surface area contributed by atoms with Crippen molar-refractivity contribution in [3.05, 3.63) is 119 Å². The maximum atomic E-state index is 16.1. The Morgan fingerprint density at radius 2 is 1.64 bits per heavy atom. The molecule has 4 aliphatic rings. The molecular weight excluding hydrogens is 861 g/mol. The summed E-state index contributed by atoms with van der Waals surface area (Å²) in [6.07, 6.45) is 3.81. The molecule has 0 unspecified atom stereocenters. The van der Waals surface area contributed by atoms with Crippen molar-refractivity contribution in [2.24, 2.45) is 5.92 Å². The zero-order valence-corrected chi connectivity index (χ0v) is 36.9. The van der Waals surface area contributed by atoms with Crippen LogP contribution in [0.2, 0.25) is 0 Å². The lowest BCUT2D eigenvalue weighted by atomic mass is 9.95. The van der Waals surface area contributed by atoms with Gasteiger partial charge in [-0.05, 0) is 84.8 Å². The zero-order chi connectivity index (χ0) is 46.3. The quantitative estimate of drug-likeness (QED) is 0.147. The molecule has 344 valence electrons. The highest BCUT2D eigenvalue weighted by atomic mass is 19.1. The number of rotatable bonds is 11. The maximum Gasteiger partial charge on any atom is 0.255 e. The molecule has 4 aliphatic heterocycles. The van der Waals surface area contributed by atoms with Crippen LogP contribution >= 0.6 is 0 Å². The molecule has 3 fully saturated rings. The Labute approximate surface area is 384 Å². The van der Waals surface area contributed by atoms with Crippen molar-refractivity contribution in [1.29, 1.82) is 0 Å². The zero-order valence-electron chi connectivity index (χ0n) is 36.9. The first-order valence-corrected chi connectivity index (χ1v) is 22.5. The van der Waals surface area contributed by atoms with Gasteiger partial charge in [-0.1, -0.05) is 24.3 Å². The number of nitrogens with two attached hydrogens (primary N) is 1. The Morgan fingerprint density at radius 3 is 2.39 bits per heavy atom. The topological polar surface area (TPSA) is 184 Å². The number of anilines is 3. The molecule has 6 heterocycles. The van der Waals surface area contributed by atoms with Crippen molar-refractivity contribution in [2.45, 2.75) is 44.8 Å². The molecule has 10 rings (SSSR count). The Hall–Kier alpha value is -7.47. The number of amides is 4. The van der Waals surface area contributed by atoms with Gasteiger partial charge in [0.05, 0.1) is 29.4 Å². The van der Waals surface area contributed by atoms with Crippen molar-refractivity contribution in [2.75, 3.05) is 68.5 Å². The van der Waals surface area contributed by atoms with Gasteiger partial charge in [0.1, 0.15) is 41.3 Å². The summed E-state index contributed by atoms with van der Waals surface area (Å²) in [7, 11) is 1.42. The molecule has 4 amide bonds. The molecule has 4 N–H and O–H groups in total. The number of benzene rings is 4. The number of imide groups is 1. The Bertz CT molecular complexity index is 2910. The van der Waals surface area contributed by atoms with Crippen molar-refractivity contribution in [3.8, 4) is 22.7 Å². The number of aromatic nitrogens is 4. The molecule has 3 saturated heterocycles. The number of nitrogens with zero attached hydrogens (tertiary/aromatic N) is 8. The molecule has 0 radical (unpaired) electrons. The number of halogens is 2. The highest BCUT2D eigenvalue weighted by Gasteiger charge is 2.39. The van der Waals surface area contributed by atoms with Gasteiger partial charge in [-0.15, -0.1) is 0 Å². The van der Waals surface area contributed by atoms with Crippen molar-refractivity contribution in [3.63, 3.8) is 0 Å². The molecule has 67 heavy (non-hydrogen) atoms. The second-order valence-electron chi connectivity index (χ2n) is 17.5. The first kappa shape index (κ1) is 43.4. The third-order valence-electron chi connectivity index (χ3n) is 13.5. The standard InChI is InChI=1S/C49H49F2N11O5/c1-67-41-12-6-33(50)23-37(41)47(64)53-25-29-2-4-31(5-3-29)44-43-45(52)54-28-55-46(43)62(57-44)35-8-10-39(38(51)24-35)60-16-14-30(15-17-60)26-58-18-20-59(21-19-58)34-7-9-36-32(22-34)27-61(49(36)66)40-11-13-42(63)56-48(40)65/h2-10,12,22-24,28,30,40H,11,13-21,25-27H2,1H3,(H,53,64)(H2,52,54,55)(H,56,63,65)/t40-/m0/s1. The SMILES string of the molecule is COc1ccc(F)cc1C(=O)NCc1ccc(-c2nn(-c3ccc(N4CCC(CN5CCN(c6ccc7c(c6)CN([C@H]6CCC(=O)NC6=O)C7=O)CC5)CC4)c(F)c3)c3ncnc(N)c23)cc1. The highest BCUT2D eigenvalue weighted by molar-refractivity contribution is 6.05. The average molecular weight is 910 g/mol. The van der Waals surface area contributed by atoms with Crippen LogP contribution in [-0.2, 0) is 22.7 Å². The van der Waals surface area contributed by atoms with Crippen LogP contribution in [0.5, 0.6) is 5.75 Å². The fourth-order valence-electron chi connectivity index (χ4n) is 9.82. The minimum absolute atomic E-state index is 0.0963. The van der Waals surface area contributed by atoms with Gasteiger partial charge in [0.2, 0.25) is 11.8 Å².